The Balaban J connectivity index is 0.00000114. The van der Waals surface area contributed by atoms with E-state index in [9.17, 15) is 5.53 Å². The summed E-state index contributed by atoms with van der Waals surface area (Å²) in [4.78, 5) is 0. The van der Waals surface area contributed by atoms with Gasteiger partial charge in [-0.2, -0.15) is 0 Å². The Morgan fingerprint density at radius 2 is 0.584 bits per heavy atom. The Labute approximate surface area is 558 Å². The van der Waals surface area contributed by atoms with E-state index >= 15 is 0 Å². The number of allylic oxidation sites excluding steroid dienone is 4. The standard InChI is InChI=1S/C74H126N2.2C6H5.Ni/c1-7-13-19-24-29-30-31-32-33-34-35-36-37-38-39-40-41-42-47-52-58-72-71(57-18-12-6)73(69-61-65(53-48-43-25-20-14-8-2)59-66(62-69)54-49-44-26-21-15-9-3)76(75)74(72)70-63-67(55-50-45-27-22-16-10-4)60-68(64-70)56-51-46-28-23-17-11-5;2*1-2-4-6-5-3-1;/h52,58-64H,7-51,53-57H2,1-6H3;2*1-5H;. The first-order chi connectivity index (χ1) is 44.0. The van der Waals surface area contributed by atoms with E-state index in [-0.39, 0.29) is 0 Å². The van der Waals surface area contributed by atoms with Crippen LogP contribution in [0, 0.1) is 0 Å². The molecule has 0 saturated heterocycles. The van der Waals surface area contributed by atoms with E-state index in [1.54, 1.807) is 19.1 Å². The summed E-state index contributed by atoms with van der Waals surface area (Å²) in [6, 6.07) is 35.9. The minimum absolute atomic E-state index is 0.988. The molecular weight excluding hydrogens is 1120 g/mol. The fourth-order valence-corrected chi connectivity index (χ4v) is 14.2. The summed E-state index contributed by atoms with van der Waals surface area (Å²) in [5, 5.41) is 0. The molecule has 89 heavy (non-hydrogen) atoms. The Kier molecular flexibility index (Phi) is 46.8. The molecule has 4 aromatic rings. The molecule has 0 spiro atoms. The van der Waals surface area contributed by atoms with Crippen LogP contribution < -0.4 is 9.07 Å². The van der Waals surface area contributed by atoms with Crippen LogP contribution in [0.5, 0.6) is 0 Å². The van der Waals surface area contributed by atoms with Gasteiger partial charge < -0.3 is 5.53 Å². The molecule has 2 nitrogen and oxygen atoms in total. The molecule has 0 unspecified atom stereocenters. The molecule has 0 saturated carbocycles. The number of unbranched alkanes of at least 4 members (excludes halogenated alkanes) is 39. The van der Waals surface area contributed by atoms with Gasteiger partial charge in [-0.3, -0.25) is 0 Å². The van der Waals surface area contributed by atoms with Crippen molar-refractivity contribution >= 4 is 20.5 Å². The Bertz CT molecular complexity index is 2340. The average molecular weight is 1260 g/mol. The summed E-state index contributed by atoms with van der Waals surface area (Å²) >= 11 is 1.60. The van der Waals surface area contributed by atoms with E-state index in [0.717, 1.165) is 62.8 Å². The molecule has 0 radical (unpaired) electrons. The van der Waals surface area contributed by atoms with Crippen molar-refractivity contribution in [3.63, 3.8) is 0 Å². The zero-order valence-electron chi connectivity index (χ0n) is 59.0. The van der Waals surface area contributed by atoms with Crippen LogP contribution in [0.4, 0.5) is 0 Å². The van der Waals surface area contributed by atoms with Crippen molar-refractivity contribution in [1.29, 1.82) is 0 Å². The van der Waals surface area contributed by atoms with Crippen molar-refractivity contribution in [2.24, 2.45) is 0 Å². The molecule has 4 aromatic carbocycles. The first-order valence-corrected chi connectivity index (χ1v) is 39.5. The number of benzene rings is 4. The van der Waals surface area contributed by atoms with Crippen molar-refractivity contribution < 1.29 is 19.1 Å². The number of nitrogens with zero attached hydrogens (tertiary/aromatic N) is 2. The molecule has 0 bridgehead atoms. The normalized spacial score (nSPS) is 12.6. The van der Waals surface area contributed by atoms with E-state index in [1.807, 2.05) is 12.1 Å². The fraction of sp³-hybridized carbons (Fsp3) is 0.651. The molecule has 0 N–H and O–H groups in total. The van der Waals surface area contributed by atoms with Crippen LogP contribution in [0.25, 0.3) is 16.9 Å². The van der Waals surface area contributed by atoms with Gasteiger partial charge in [0.05, 0.1) is 5.57 Å². The third-order valence-electron chi connectivity index (χ3n) is 18.6. The molecule has 0 aliphatic carbocycles. The molecule has 0 aromatic heterocycles. The van der Waals surface area contributed by atoms with Gasteiger partial charge in [0.15, 0.2) is 0 Å². The zero-order chi connectivity index (χ0) is 63.3. The van der Waals surface area contributed by atoms with Crippen LogP contribution in [-0.2, 0) is 40.1 Å². The molecule has 1 aliphatic rings. The minimum atomic E-state index is 0.988. The molecular formula is C86H136N2Ni. The molecule has 1 heterocycles. The van der Waals surface area contributed by atoms with Gasteiger partial charge in [-0.15, -0.1) is 0 Å². The van der Waals surface area contributed by atoms with Crippen molar-refractivity contribution in [3.05, 3.63) is 159 Å². The van der Waals surface area contributed by atoms with Crippen molar-refractivity contribution in [2.75, 3.05) is 0 Å². The van der Waals surface area contributed by atoms with Crippen LogP contribution in [0.1, 0.15) is 370 Å². The number of hydrogen-bond acceptors (Lipinski definition) is 0. The summed E-state index contributed by atoms with van der Waals surface area (Å²) in [5.74, 6) is 0. The molecule has 1 aliphatic heterocycles. The quantitative estimate of drug-likeness (QED) is 0.0239. The summed E-state index contributed by atoms with van der Waals surface area (Å²) < 4.78 is 4.32. The van der Waals surface area contributed by atoms with E-state index in [0.29, 0.717) is 0 Å². The second kappa shape index (κ2) is 53.7. The monoisotopic (exact) mass is 1260 g/mol. The predicted octanol–water partition coefficient (Wildman–Crippen LogP) is 27.4. The van der Waals surface area contributed by atoms with Gasteiger partial charge in [0.1, 0.15) is 0 Å². The maximum atomic E-state index is 13.1. The first kappa shape index (κ1) is 77.6. The Hall–Kier alpha value is -3.81. The molecule has 3 heteroatoms. The summed E-state index contributed by atoms with van der Waals surface area (Å²) in [5.41, 5.74) is 26.1. The second-order valence-corrected chi connectivity index (χ2v) is 28.3. The SMILES string of the molecule is CCCCCCCCCCCCCCCCCCCCC=CC1=C(c2cc(CCCCCCCC)cc(CCCCCCCC)c2)[N+](=[N-])C(c2cc(CCCCCCCC)cc(CCCCCCCC)c2)=C1CCCC.c1cc[c]([Ni][c]2ccccc2)cc1. The van der Waals surface area contributed by atoms with E-state index in [1.165, 1.54) is 323 Å². The Morgan fingerprint density at radius 1 is 0.303 bits per heavy atom. The van der Waals surface area contributed by atoms with Gasteiger partial charge in [0.2, 0.25) is 11.4 Å². The van der Waals surface area contributed by atoms with Gasteiger partial charge in [0.25, 0.3) is 0 Å². The van der Waals surface area contributed by atoms with Gasteiger partial charge in [-0.1, -0.05) is 310 Å². The predicted molar refractivity (Wildman–Crippen MR) is 393 cm³/mol. The summed E-state index contributed by atoms with van der Waals surface area (Å²) in [7, 11) is 0. The summed E-state index contributed by atoms with van der Waals surface area (Å²) in [6.45, 7) is 13.9. The maximum absolute atomic E-state index is 13.1. The van der Waals surface area contributed by atoms with Gasteiger partial charge >= 0.3 is 84.2 Å². The average Bonchev–Trinajstić information content (AvgIpc) is 1.66. The van der Waals surface area contributed by atoms with Crippen molar-refractivity contribution in [2.45, 2.75) is 363 Å². The topological polar surface area (TPSA) is 25.3 Å². The molecule has 0 atom stereocenters. The van der Waals surface area contributed by atoms with Crippen LogP contribution in [-0.4, -0.2) is 4.70 Å². The molecule has 5 rings (SSSR count). The van der Waals surface area contributed by atoms with Crippen molar-refractivity contribution in [3.8, 4) is 0 Å². The van der Waals surface area contributed by atoms with Gasteiger partial charge in [-0.05, 0) is 124 Å². The summed E-state index contributed by atoms with van der Waals surface area (Å²) in [6.07, 6.45) is 70.9. The van der Waals surface area contributed by atoms with Gasteiger partial charge in [0, 0.05) is 16.7 Å². The fourth-order valence-electron chi connectivity index (χ4n) is 13.2. The molecule has 0 amide bonds. The Morgan fingerprint density at radius 3 is 0.899 bits per heavy atom. The number of hydrogen-bond donors (Lipinski definition) is 0. The number of rotatable bonds is 55. The van der Waals surface area contributed by atoms with Crippen LogP contribution in [0.3, 0.4) is 0 Å². The number of aryl methyl sites for hydroxylation is 4. The zero-order valence-corrected chi connectivity index (χ0v) is 59.9. The van der Waals surface area contributed by atoms with Gasteiger partial charge in [-0.25, -0.2) is 4.70 Å². The van der Waals surface area contributed by atoms with Crippen LogP contribution in [0.2, 0.25) is 0 Å². The third-order valence-corrected chi connectivity index (χ3v) is 19.8. The van der Waals surface area contributed by atoms with Crippen molar-refractivity contribution in [1.82, 2.24) is 0 Å². The van der Waals surface area contributed by atoms with E-state index in [2.05, 4.69) is 139 Å². The van der Waals surface area contributed by atoms with E-state index < -0.39 is 0 Å². The second-order valence-electron chi connectivity index (χ2n) is 27.0. The van der Waals surface area contributed by atoms with Crippen LogP contribution in [0.15, 0.2) is 120 Å². The molecule has 0 fully saturated rings. The first-order valence-electron chi connectivity index (χ1n) is 38.5. The van der Waals surface area contributed by atoms with E-state index in [4.69, 9.17) is 0 Å². The molecule has 500 valence electrons. The third kappa shape index (κ3) is 35.7. The van der Waals surface area contributed by atoms with Crippen LogP contribution >= 0.6 is 0 Å².